The summed E-state index contributed by atoms with van der Waals surface area (Å²) in [5.41, 5.74) is -0.0459. The zero-order valence-corrected chi connectivity index (χ0v) is 13.4. The summed E-state index contributed by atoms with van der Waals surface area (Å²) in [6.07, 6.45) is -2.62. The van der Waals surface area contributed by atoms with Crippen molar-refractivity contribution in [2.45, 2.75) is 25.6 Å². The predicted molar refractivity (Wildman–Crippen MR) is 85.2 cm³/mol. The molecule has 0 bridgehead atoms. The van der Waals surface area contributed by atoms with Gasteiger partial charge >= 0.3 is 12.1 Å². The van der Waals surface area contributed by atoms with Crippen LogP contribution in [0.3, 0.4) is 0 Å². The van der Waals surface area contributed by atoms with Crippen LogP contribution in [-0.4, -0.2) is 12.6 Å². The van der Waals surface area contributed by atoms with Gasteiger partial charge in [0.05, 0.1) is 17.7 Å². The van der Waals surface area contributed by atoms with Crippen molar-refractivity contribution in [1.82, 2.24) is 0 Å². The number of ether oxygens (including phenoxy) is 2. The molecule has 0 amide bonds. The number of rotatable bonds is 6. The topological polar surface area (TPSA) is 35.5 Å². The quantitative estimate of drug-likeness (QED) is 0.699. The van der Waals surface area contributed by atoms with Gasteiger partial charge in [0.25, 0.3) is 0 Å². The molecule has 1 aliphatic carbocycles. The smallest absolute Gasteiger partial charge is 0.419 e. The normalized spacial score (nSPS) is 14.2. The van der Waals surface area contributed by atoms with Gasteiger partial charge < -0.3 is 9.47 Å². The molecule has 6 heteroatoms. The molecule has 0 spiro atoms. The molecule has 0 N–H and O–H groups in total. The number of hydrogen-bond acceptors (Lipinski definition) is 3. The molecule has 0 radical (unpaired) electrons. The third-order valence-corrected chi connectivity index (χ3v) is 3.91. The highest BCUT2D eigenvalue weighted by molar-refractivity contribution is 5.90. The lowest BCUT2D eigenvalue weighted by molar-refractivity contribution is -0.139. The SMILES string of the molecule is O=C(OCc1ccccc1)c1ccc(C(F)(F)F)c(OCC2CC2)c1. The van der Waals surface area contributed by atoms with Crippen LogP contribution in [0.1, 0.15) is 34.3 Å². The molecular weight excluding hydrogens is 333 g/mol. The largest absolute Gasteiger partial charge is 0.493 e. The summed E-state index contributed by atoms with van der Waals surface area (Å²) in [5, 5.41) is 0. The van der Waals surface area contributed by atoms with Crippen molar-refractivity contribution in [1.29, 1.82) is 0 Å². The molecule has 0 aliphatic heterocycles. The molecule has 0 atom stereocenters. The summed E-state index contributed by atoms with van der Waals surface area (Å²) in [6, 6.07) is 12.1. The number of hydrogen-bond donors (Lipinski definition) is 0. The van der Waals surface area contributed by atoms with Crippen molar-refractivity contribution >= 4 is 5.97 Å². The average Bonchev–Trinajstić information content (AvgIpc) is 3.42. The highest BCUT2D eigenvalue weighted by atomic mass is 19.4. The zero-order valence-electron chi connectivity index (χ0n) is 13.4. The van der Waals surface area contributed by atoms with Crippen LogP contribution >= 0.6 is 0 Å². The third kappa shape index (κ3) is 4.75. The molecule has 0 aromatic heterocycles. The maximum atomic E-state index is 13.1. The Kier molecular flexibility index (Phi) is 4.97. The first kappa shape index (κ1) is 17.3. The molecule has 132 valence electrons. The zero-order chi connectivity index (χ0) is 17.9. The van der Waals surface area contributed by atoms with E-state index in [2.05, 4.69) is 0 Å². The highest BCUT2D eigenvalue weighted by Crippen LogP contribution is 2.38. The van der Waals surface area contributed by atoms with E-state index in [0.717, 1.165) is 36.6 Å². The molecule has 1 fully saturated rings. The first-order chi connectivity index (χ1) is 11.9. The molecule has 25 heavy (non-hydrogen) atoms. The Morgan fingerprint density at radius 2 is 1.80 bits per heavy atom. The van der Waals surface area contributed by atoms with E-state index in [9.17, 15) is 18.0 Å². The fraction of sp³-hybridized carbons (Fsp3) is 0.316. The molecule has 0 saturated heterocycles. The molecule has 3 nitrogen and oxygen atoms in total. The van der Waals surface area contributed by atoms with Crippen LogP contribution in [0.2, 0.25) is 0 Å². The van der Waals surface area contributed by atoms with Crippen LogP contribution in [0.15, 0.2) is 48.5 Å². The van der Waals surface area contributed by atoms with E-state index < -0.39 is 17.7 Å². The maximum absolute atomic E-state index is 13.1. The second kappa shape index (κ2) is 7.17. The van der Waals surface area contributed by atoms with E-state index in [4.69, 9.17) is 9.47 Å². The summed E-state index contributed by atoms with van der Waals surface area (Å²) >= 11 is 0. The molecule has 2 aromatic rings. The summed E-state index contributed by atoms with van der Waals surface area (Å²) in [7, 11) is 0. The van der Waals surface area contributed by atoms with Gasteiger partial charge in [0, 0.05) is 0 Å². The van der Waals surface area contributed by atoms with Crippen molar-refractivity contribution in [3.63, 3.8) is 0 Å². The molecule has 1 aliphatic rings. The number of benzene rings is 2. The van der Waals surface area contributed by atoms with Crippen LogP contribution in [0, 0.1) is 5.92 Å². The lowest BCUT2D eigenvalue weighted by Gasteiger charge is -2.15. The van der Waals surface area contributed by atoms with Gasteiger partial charge in [0.15, 0.2) is 0 Å². The number of alkyl halides is 3. The summed E-state index contributed by atoms with van der Waals surface area (Å²) in [4.78, 5) is 12.1. The Bertz CT molecular complexity index is 737. The van der Waals surface area contributed by atoms with Crippen molar-refractivity contribution in [3.8, 4) is 5.75 Å². The van der Waals surface area contributed by atoms with E-state index in [1.165, 1.54) is 0 Å². The molecule has 3 rings (SSSR count). The Morgan fingerprint density at radius 3 is 2.44 bits per heavy atom. The van der Waals surface area contributed by atoms with Crippen molar-refractivity contribution < 1.29 is 27.4 Å². The van der Waals surface area contributed by atoms with Crippen LogP contribution in [0.25, 0.3) is 0 Å². The van der Waals surface area contributed by atoms with Gasteiger partial charge in [-0.05, 0) is 42.5 Å². The van der Waals surface area contributed by atoms with Crippen molar-refractivity contribution in [3.05, 3.63) is 65.2 Å². The van der Waals surface area contributed by atoms with Gasteiger partial charge in [-0.3, -0.25) is 0 Å². The van der Waals surface area contributed by atoms with Crippen LogP contribution in [-0.2, 0) is 17.5 Å². The fourth-order valence-corrected chi connectivity index (χ4v) is 2.30. The molecule has 1 saturated carbocycles. The van der Waals surface area contributed by atoms with Crippen LogP contribution in [0.4, 0.5) is 13.2 Å². The van der Waals surface area contributed by atoms with E-state index >= 15 is 0 Å². The van der Waals surface area contributed by atoms with Gasteiger partial charge in [0.2, 0.25) is 0 Å². The van der Waals surface area contributed by atoms with Crippen molar-refractivity contribution in [2.75, 3.05) is 6.61 Å². The number of carbonyl (C=O) groups excluding carboxylic acids is 1. The number of carbonyl (C=O) groups is 1. The second-order valence-electron chi connectivity index (χ2n) is 6.02. The Morgan fingerprint density at radius 1 is 1.08 bits per heavy atom. The van der Waals surface area contributed by atoms with E-state index in [1.54, 1.807) is 12.1 Å². The molecule has 0 heterocycles. The highest BCUT2D eigenvalue weighted by Gasteiger charge is 2.35. The van der Waals surface area contributed by atoms with Gasteiger partial charge in [-0.25, -0.2) is 4.79 Å². The third-order valence-electron chi connectivity index (χ3n) is 3.91. The maximum Gasteiger partial charge on any atom is 0.419 e. The Balaban J connectivity index is 1.73. The van der Waals surface area contributed by atoms with E-state index in [1.807, 2.05) is 18.2 Å². The molecule has 2 aromatic carbocycles. The first-order valence-corrected chi connectivity index (χ1v) is 7.98. The average molecular weight is 350 g/mol. The minimum Gasteiger partial charge on any atom is -0.493 e. The van der Waals surface area contributed by atoms with Gasteiger partial charge in [0.1, 0.15) is 12.4 Å². The lowest BCUT2D eigenvalue weighted by Crippen LogP contribution is -2.12. The first-order valence-electron chi connectivity index (χ1n) is 7.98. The molecule has 0 unspecified atom stereocenters. The van der Waals surface area contributed by atoms with Crippen molar-refractivity contribution in [2.24, 2.45) is 5.92 Å². The minimum atomic E-state index is -4.54. The van der Waals surface area contributed by atoms with Gasteiger partial charge in [-0.2, -0.15) is 13.2 Å². The summed E-state index contributed by atoms with van der Waals surface area (Å²) in [6.45, 7) is 0.282. The summed E-state index contributed by atoms with van der Waals surface area (Å²) in [5.74, 6) is -0.711. The Labute approximate surface area is 143 Å². The Hall–Kier alpha value is -2.50. The number of esters is 1. The lowest BCUT2D eigenvalue weighted by atomic mass is 10.1. The van der Waals surface area contributed by atoms with Gasteiger partial charge in [-0.15, -0.1) is 0 Å². The van der Waals surface area contributed by atoms with E-state index in [0.29, 0.717) is 5.92 Å². The standard InChI is InChI=1S/C19H17F3O3/c20-19(21,22)16-9-8-15(10-17(16)24-11-14-6-7-14)18(23)25-12-13-4-2-1-3-5-13/h1-5,8-10,14H,6-7,11-12H2. The fourth-order valence-electron chi connectivity index (χ4n) is 2.30. The molecular formula is C19H17F3O3. The van der Waals surface area contributed by atoms with Gasteiger partial charge in [-0.1, -0.05) is 30.3 Å². The monoisotopic (exact) mass is 350 g/mol. The van der Waals surface area contributed by atoms with E-state index in [-0.39, 0.29) is 24.5 Å². The predicted octanol–water partition coefficient (Wildman–Crippen LogP) is 4.85. The minimum absolute atomic E-state index is 0.0368. The van der Waals surface area contributed by atoms with Crippen LogP contribution in [0.5, 0.6) is 5.75 Å². The number of halogens is 3. The van der Waals surface area contributed by atoms with Crippen LogP contribution < -0.4 is 4.74 Å². The second-order valence-corrected chi connectivity index (χ2v) is 6.02. The summed E-state index contributed by atoms with van der Waals surface area (Å²) < 4.78 is 49.8.